The third-order valence-corrected chi connectivity index (χ3v) is 23.7. The fourth-order valence-electron chi connectivity index (χ4n) is 15.3. The fourth-order valence-corrected chi connectivity index (χ4v) is 15.8. The van der Waals surface area contributed by atoms with Gasteiger partial charge in [0, 0.05) is 83.1 Å². The second-order valence-electron chi connectivity index (χ2n) is 34.4. The number of amides is 20. The summed E-state index contributed by atoms with van der Waals surface area (Å²) >= 11 is 8.70. The molecule has 145 heavy (non-hydrogen) atoms. The van der Waals surface area contributed by atoms with Crippen LogP contribution in [0.5, 0.6) is 11.5 Å². The summed E-state index contributed by atoms with van der Waals surface area (Å²) in [6, 6.07) is -0.420. The average molecular weight is 2070 g/mol. The number of nitrogens with one attached hydrogen (secondary N) is 23. The molecule has 1 heterocycles. The summed E-state index contributed by atoms with van der Waals surface area (Å²) in [5.74, 6) is -16.0. The highest BCUT2D eigenvalue weighted by Gasteiger charge is 2.42. The predicted molar refractivity (Wildman–Crippen MR) is 544 cm³/mol. The molecule has 0 aliphatic carbocycles. The summed E-state index contributed by atoms with van der Waals surface area (Å²) in [5.41, 5.74) is 57.1. The van der Waals surface area contributed by atoms with Gasteiger partial charge in [0.25, 0.3) is 0 Å². The Balaban J connectivity index is 1.49. The maximum atomic E-state index is 15.4. The van der Waals surface area contributed by atoms with E-state index in [1.165, 1.54) is 48.5 Å². The van der Waals surface area contributed by atoms with Crippen LogP contribution in [0, 0.1) is 21.6 Å². The molecular formula is C90H142N34O19S2. The summed E-state index contributed by atoms with van der Waals surface area (Å²) in [6.45, 7) is -0.126. The number of aromatic hydroxyl groups is 2. The van der Waals surface area contributed by atoms with Crippen molar-refractivity contribution in [2.45, 2.75) is 226 Å². The Hall–Kier alpha value is -15.2. The van der Waals surface area contributed by atoms with Crippen LogP contribution in [-0.2, 0) is 86.4 Å². The van der Waals surface area contributed by atoms with Crippen molar-refractivity contribution in [3.8, 4) is 11.5 Å². The topological polar surface area (TPSA) is 918 Å². The van der Waals surface area contributed by atoms with Crippen LogP contribution in [-0.4, -0.2) is 295 Å². The van der Waals surface area contributed by atoms with Gasteiger partial charge in [-0.15, -0.1) is 0 Å². The van der Waals surface area contributed by atoms with E-state index in [9.17, 15) is 63.0 Å². The maximum Gasteiger partial charge on any atom is 0.312 e. The van der Waals surface area contributed by atoms with Gasteiger partial charge >= 0.3 is 18.1 Å². The van der Waals surface area contributed by atoms with E-state index in [1.807, 2.05) is 18.2 Å². The molecule has 45 N–H and O–H groups in total. The van der Waals surface area contributed by atoms with Crippen LogP contribution in [0.15, 0.2) is 91.0 Å². The third kappa shape index (κ3) is 45.8. The molecule has 0 aromatic heterocycles. The van der Waals surface area contributed by atoms with Gasteiger partial charge in [-0.05, 0) is 180 Å². The summed E-state index contributed by atoms with van der Waals surface area (Å²) in [5, 5.41) is 102. The van der Waals surface area contributed by atoms with Crippen LogP contribution in [0.3, 0.4) is 0 Å². The van der Waals surface area contributed by atoms with E-state index in [4.69, 9.17) is 79.0 Å². The molecule has 798 valence electrons. The number of phenols is 2. The number of guanidine groups is 4. The molecule has 1 aliphatic heterocycles. The average Bonchev–Trinajstić information content (AvgIpc) is 1.68. The lowest BCUT2D eigenvalue weighted by atomic mass is 10.00. The lowest BCUT2D eigenvalue weighted by Gasteiger charge is -2.31. The minimum Gasteiger partial charge on any atom is -0.508 e. The highest BCUT2D eigenvalue weighted by Crippen LogP contribution is 2.24. The Kier molecular flexibility index (Phi) is 53.4. The van der Waals surface area contributed by atoms with Crippen LogP contribution >= 0.6 is 25.3 Å². The number of benzene rings is 4. The van der Waals surface area contributed by atoms with Crippen molar-refractivity contribution < 1.29 is 91.7 Å². The Morgan fingerprint density at radius 3 is 0.986 bits per heavy atom. The molecule has 0 unspecified atom stereocenters. The zero-order valence-corrected chi connectivity index (χ0v) is 82.3. The number of nitrogens with zero attached hydrogens (tertiary/aromatic N) is 1. The van der Waals surface area contributed by atoms with Crippen molar-refractivity contribution in [3.63, 3.8) is 0 Å². The minimum absolute atomic E-state index is 0.0133. The van der Waals surface area contributed by atoms with Crippen molar-refractivity contribution in [2.75, 3.05) is 70.4 Å². The quantitative estimate of drug-likeness (QED) is 0.00845. The molecule has 4 aromatic rings. The number of fused-ring (bicyclic) bond motifs is 1. The first-order chi connectivity index (χ1) is 69.0. The van der Waals surface area contributed by atoms with Crippen molar-refractivity contribution in [2.24, 2.45) is 57.3 Å². The molecule has 53 nitrogen and oxygen atoms in total. The molecule has 1 saturated heterocycles. The van der Waals surface area contributed by atoms with Gasteiger partial charge in [0.05, 0.1) is 6.04 Å². The number of urea groups is 3. The number of primary amides is 4. The number of nitrogens with two attached hydrogens (primary N) is 10. The van der Waals surface area contributed by atoms with E-state index in [0.29, 0.717) is 23.1 Å². The van der Waals surface area contributed by atoms with Crippen LogP contribution in [0.2, 0.25) is 0 Å². The summed E-state index contributed by atoms with van der Waals surface area (Å²) < 4.78 is 0. The van der Waals surface area contributed by atoms with E-state index in [1.54, 1.807) is 24.3 Å². The molecule has 14 atom stereocenters. The van der Waals surface area contributed by atoms with E-state index in [2.05, 4.69) is 126 Å². The number of hydrogen-bond acceptors (Lipinski definition) is 27. The Labute approximate surface area is 848 Å². The fraction of sp³-hybridized carbons (Fsp3) is 0.522. The largest absolute Gasteiger partial charge is 0.508 e. The first kappa shape index (κ1) is 120. The van der Waals surface area contributed by atoms with Crippen molar-refractivity contribution in [1.82, 2.24) is 106 Å². The third-order valence-electron chi connectivity index (χ3n) is 23.0. The highest BCUT2D eigenvalue weighted by atomic mass is 32.1. The molecule has 55 heteroatoms. The zero-order valence-electron chi connectivity index (χ0n) is 80.5. The van der Waals surface area contributed by atoms with Gasteiger partial charge in [-0.2, -0.15) is 25.3 Å². The first-order valence-corrected chi connectivity index (χ1v) is 48.6. The lowest BCUT2D eigenvalue weighted by Crippen LogP contribution is -2.61. The normalized spacial score (nSPS) is 14.7. The number of rotatable bonds is 66. The molecule has 0 radical (unpaired) electrons. The van der Waals surface area contributed by atoms with Gasteiger partial charge in [-0.1, -0.05) is 66.7 Å². The second-order valence-corrected chi connectivity index (χ2v) is 35.2. The van der Waals surface area contributed by atoms with E-state index in [-0.39, 0.29) is 229 Å². The number of likely N-dealkylation sites (tertiary alicyclic amines) is 1. The molecule has 20 amide bonds. The second kappa shape index (κ2) is 64.4. The van der Waals surface area contributed by atoms with E-state index < -0.39 is 197 Å². The maximum absolute atomic E-state index is 15.4. The molecule has 5 rings (SSSR count). The standard InChI is InChI=1S/C90H142N34O19S2/c91-34-4-3-16-58(114-72(129)60(19-8-38-108-87(100)101)116-77(134)64(44-49-25-30-54(125)31-26-49)120-81(138)68(48-145)123-79(136)66(46-51-24-29-52-13-1-2-14-53(52)43-51)119-75(132)59(18-7-37-107-86(98)99)113-71(128)56(92)15-5-35-105-84(94)95)74(131)118-63(22-11-41-111-90(104)143)83(140)124-42-12-23-69(124)82(139)121-65(45-50-27-32-55(126)33-28-50)78(135)117-61(20-9-39-109-88(102)141)73(130)115-62(21-10-40-110-89(103)142)76(133)122-67(47-144)80(137)112-57(70(93)127)17-6-36-106-85(96)97/h1-2,13-14,24-33,43,56-69,125-126,144-145H,3-12,15-23,34-42,44-48,91-92H2,(H2,93,127)(H,112,137)(H,113,128)(H,114,129)(H,115,130)(H,116,134)(H,117,135)(H,118,131)(H,119,132)(H,120,138)(H,121,139)(H,122,133)(H,123,136)(H4,94,95,105)(H4,96,97,106)(H4,98,99,107)(H4,100,101,108)(H3,102,109,141)(H3,103,110,142)(H3,104,111,143)/t56-,57-,58-,59-,60-,61-,62-,63+,64-,65-,66-,67-,68-,69-/m0/s1. The monoisotopic (exact) mass is 2070 g/mol. The molecule has 4 aromatic carbocycles. The molecule has 0 spiro atoms. The van der Waals surface area contributed by atoms with E-state index in [0.717, 1.165) is 15.7 Å². The molecule has 1 fully saturated rings. The van der Waals surface area contributed by atoms with E-state index >= 15 is 28.8 Å². The number of carbonyl (C=O) groups excluding carboxylic acids is 17. The van der Waals surface area contributed by atoms with Gasteiger partial charge in [0.1, 0.15) is 90.0 Å². The Bertz CT molecular complexity index is 5050. The van der Waals surface area contributed by atoms with Gasteiger partial charge in [-0.3, -0.25) is 88.8 Å². The predicted octanol–water partition coefficient (Wildman–Crippen LogP) is -7.71. The van der Waals surface area contributed by atoms with Gasteiger partial charge in [0.2, 0.25) is 82.7 Å². The van der Waals surface area contributed by atoms with Gasteiger partial charge in [0.15, 0.2) is 23.8 Å². The summed E-state index contributed by atoms with van der Waals surface area (Å²) in [4.78, 5) is 242. The zero-order chi connectivity index (χ0) is 107. The van der Waals surface area contributed by atoms with Crippen molar-refractivity contribution >= 4 is 161 Å². The number of phenolic OH excluding ortho intramolecular Hbond substituents is 2. The lowest BCUT2D eigenvalue weighted by molar-refractivity contribution is -0.142. The minimum atomic E-state index is -1.66. The van der Waals surface area contributed by atoms with Crippen LogP contribution in [0.25, 0.3) is 10.8 Å². The smallest absolute Gasteiger partial charge is 0.312 e. The molecule has 1 aliphatic rings. The number of unbranched alkanes of at least 4 members (excludes halogenated alkanes) is 1. The Morgan fingerprint density at radius 1 is 0.331 bits per heavy atom. The molecule has 0 saturated carbocycles. The van der Waals surface area contributed by atoms with Crippen LogP contribution in [0.4, 0.5) is 14.4 Å². The number of thiol groups is 2. The van der Waals surface area contributed by atoms with Crippen molar-refractivity contribution in [1.29, 1.82) is 21.6 Å². The SMILES string of the molecule is N=C(N)NCCC[C@H](NC(=O)[C@H](CS)NC(=O)[C@H](CCCNC(N)=O)NC(=O)[C@H](CCCNC(N)=O)NC(=O)[C@H](Cc1ccc(O)cc1)NC(=O)[C@@H]1CCCN1C(=O)[C@@H](CCCNC(N)=O)NC(=O)[C@H](CCCCN)NC(=O)[C@H](CCCNC(=N)N)NC(=O)[C@H](Cc1ccc(O)cc1)NC(=O)[C@H](CS)NC(=O)[C@H](Cc1ccc2ccccc2c1)NC(=O)[C@H](CCCNC(=N)N)NC(=O)[C@@H](N)CCCNC(=N)N)C(N)=O. The Morgan fingerprint density at radius 2 is 0.621 bits per heavy atom. The van der Waals surface area contributed by atoms with Gasteiger partial charge < -0.3 is 173 Å². The molecular weight excluding hydrogens is 1930 g/mol. The van der Waals surface area contributed by atoms with Crippen molar-refractivity contribution in [3.05, 3.63) is 108 Å². The number of hydrogen-bond donors (Lipinski definition) is 37. The summed E-state index contributed by atoms with van der Waals surface area (Å²) in [6.07, 6.45) is -1.23. The molecule has 0 bridgehead atoms. The number of carbonyl (C=O) groups is 17. The first-order valence-electron chi connectivity index (χ1n) is 47.4. The van der Waals surface area contributed by atoms with Gasteiger partial charge in [-0.25, -0.2) is 14.4 Å². The van der Waals surface area contributed by atoms with Crippen LogP contribution in [0.1, 0.15) is 139 Å². The summed E-state index contributed by atoms with van der Waals surface area (Å²) in [7, 11) is 0. The van der Waals surface area contributed by atoms with Crippen LogP contribution < -0.4 is 158 Å². The highest BCUT2D eigenvalue weighted by molar-refractivity contribution is 7.80.